The van der Waals surface area contributed by atoms with E-state index in [1.807, 2.05) is 37.2 Å². The molecule has 0 atom stereocenters. The van der Waals surface area contributed by atoms with Crippen LogP contribution in [0.15, 0.2) is 42.5 Å². The zero-order valence-corrected chi connectivity index (χ0v) is 12.6. The quantitative estimate of drug-likeness (QED) is 0.846. The largest absolute Gasteiger partial charge is 0.363 e. The van der Waals surface area contributed by atoms with Crippen LogP contribution in [0.1, 0.15) is 22.4 Å². The van der Waals surface area contributed by atoms with Gasteiger partial charge in [0.25, 0.3) is 0 Å². The van der Waals surface area contributed by atoms with Gasteiger partial charge in [-0.25, -0.2) is 4.98 Å². The van der Waals surface area contributed by atoms with Crippen molar-refractivity contribution in [1.82, 2.24) is 4.98 Å². The Bertz CT molecular complexity index is 745. The highest BCUT2D eigenvalue weighted by molar-refractivity contribution is 6.05. The lowest BCUT2D eigenvalue weighted by molar-refractivity contribution is -0.114. The van der Waals surface area contributed by atoms with Gasteiger partial charge in [-0.3, -0.25) is 4.79 Å². The van der Waals surface area contributed by atoms with Gasteiger partial charge in [0.15, 0.2) is 5.78 Å². The minimum Gasteiger partial charge on any atom is -0.363 e. The summed E-state index contributed by atoms with van der Waals surface area (Å²) in [6, 6.07) is 12.2. The maximum Gasteiger partial charge on any atom is 0.162 e. The Kier molecular flexibility index (Phi) is 3.34. The lowest BCUT2D eigenvalue weighted by atomic mass is 9.87. The second kappa shape index (κ2) is 5.17. The minimum atomic E-state index is 0.115. The molecule has 0 fully saturated rings. The fourth-order valence-electron chi connectivity index (χ4n) is 2.67. The Hall–Kier alpha value is -2.42. The van der Waals surface area contributed by atoms with E-state index in [1.54, 1.807) is 6.08 Å². The number of hydrogen-bond acceptors (Lipinski definition) is 3. The number of rotatable bonds is 2. The molecule has 0 amide bonds. The third-order valence-corrected chi connectivity index (χ3v) is 3.79. The van der Waals surface area contributed by atoms with Crippen LogP contribution >= 0.6 is 0 Å². The number of anilines is 1. The first kappa shape index (κ1) is 13.6. The molecule has 21 heavy (non-hydrogen) atoms. The second-order valence-electron chi connectivity index (χ2n) is 5.57. The number of fused-ring (bicyclic) bond motifs is 1. The number of benzene rings is 1. The van der Waals surface area contributed by atoms with Gasteiger partial charge in [-0.2, -0.15) is 0 Å². The van der Waals surface area contributed by atoms with E-state index in [9.17, 15) is 4.79 Å². The van der Waals surface area contributed by atoms with Crippen molar-refractivity contribution in [2.45, 2.75) is 13.3 Å². The molecule has 3 nitrogen and oxygen atoms in total. The average Bonchev–Trinajstić information content (AvgIpc) is 2.46. The Morgan fingerprint density at radius 1 is 1.05 bits per heavy atom. The normalized spacial score (nSPS) is 13.7. The molecule has 0 N–H and O–H groups in total. The van der Waals surface area contributed by atoms with Gasteiger partial charge >= 0.3 is 0 Å². The zero-order valence-electron chi connectivity index (χ0n) is 12.6. The van der Waals surface area contributed by atoms with Gasteiger partial charge in [-0.15, -0.1) is 0 Å². The lowest BCUT2D eigenvalue weighted by Gasteiger charge is -2.20. The SMILES string of the molecule is Cc1ccccc1C1=CC(=O)Cc2nc(N(C)C)ccc21. The summed E-state index contributed by atoms with van der Waals surface area (Å²) in [6.07, 6.45) is 2.13. The molecule has 0 bridgehead atoms. The van der Waals surface area contributed by atoms with Crippen molar-refractivity contribution in [1.29, 1.82) is 0 Å². The summed E-state index contributed by atoms with van der Waals surface area (Å²) in [4.78, 5) is 18.7. The smallest absolute Gasteiger partial charge is 0.162 e. The number of carbonyl (C=O) groups is 1. The summed E-state index contributed by atoms with van der Waals surface area (Å²) in [7, 11) is 3.91. The molecule has 0 aliphatic heterocycles. The molecule has 0 saturated heterocycles. The first-order chi connectivity index (χ1) is 10.1. The summed E-state index contributed by atoms with van der Waals surface area (Å²) >= 11 is 0. The minimum absolute atomic E-state index is 0.115. The predicted molar refractivity (Wildman–Crippen MR) is 85.5 cm³/mol. The van der Waals surface area contributed by atoms with Gasteiger partial charge in [0.2, 0.25) is 0 Å². The highest BCUT2D eigenvalue weighted by Gasteiger charge is 2.21. The van der Waals surface area contributed by atoms with Crippen molar-refractivity contribution in [2.24, 2.45) is 0 Å². The summed E-state index contributed by atoms with van der Waals surface area (Å²) in [5, 5.41) is 0. The van der Waals surface area contributed by atoms with Crippen molar-refractivity contribution < 1.29 is 4.79 Å². The number of ketones is 1. The van der Waals surface area contributed by atoms with Gasteiger partial charge in [-0.05, 0) is 41.8 Å². The molecule has 1 aliphatic carbocycles. The van der Waals surface area contributed by atoms with E-state index >= 15 is 0 Å². The standard InChI is InChI=1S/C18H18N2O/c1-12-6-4-5-7-14(12)16-10-13(21)11-17-15(16)8-9-18(19-17)20(2)3/h4-10H,11H2,1-3H3. The van der Waals surface area contributed by atoms with Crippen molar-refractivity contribution in [3.63, 3.8) is 0 Å². The van der Waals surface area contributed by atoms with E-state index in [-0.39, 0.29) is 5.78 Å². The van der Waals surface area contributed by atoms with Crippen LogP contribution in [0.4, 0.5) is 5.82 Å². The Balaban J connectivity index is 2.16. The molecule has 1 aliphatic rings. The summed E-state index contributed by atoms with van der Waals surface area (Å²) in [5.74, 6) is 0.997. The maximum absolute atomic E-state index is 12.1. The van der Waals surface area contributed by atoms with Crippen molar-refractivity contribution >= 4 is 17.2 Å². The number of nitrogens with zero attached hydrogens (tertiary/aromatic N) is 2. The first-order valence-corrected chi connectivity index (χ1v) is 7.04. The maximum atomic E-state index is 12.1. The molecule has 106 valence electrons. The predicted octanol–water partition coefficient (Wildman–Crippen LogP) is 3.01. The molecule has 0 unspecified atom stereocenters. The van der Waals surface area contributed by atoms with E-state index in [4.69, 9.17) is 0 Å². The third kappa shape index (κ3) is 2.47. The van der Waals surface area contributed by atoms with Crippen LogP contribution in [0.2, 0.25) is 0 Å². The molecule has 3 rings (SSSR count). The molecule has 0 saturated carbocycles. The third-order valence-electron chi connectivity index (χ3n) is 3.79. The average molecular weight is 278 g/mol. The number of carbonyl (C=O) groups excluding carboxylic acids is 1. The molecule has 0 radical (unpaired) electrons. The first-order valence-electron chi connectivity index (χ1n) is 7.04. The van der Waals surface area contributed by atoms with Crippen LogP contribution in [-0.4, -0.2) is 24.9 Å². The number of aromatic nitrogens is 1. The van der Waals surface area contributed by atoms with Crippen LogP contribution in [0, 0.1) is 6.92 Å². The monoisotopic (exact) mass is 278 g/mol. The van der Waals surface area contributed by atoms with Gasteiger partial charge in [0, 0.05) is 19.7 Å². The van der Waals surface area contributed by atoms with E-state index in [2.05, 4.69) is 30.1 Å². The second-order valence-corrected chi connectivity index (χ2v) is 5.57. The van der Waals surface area contributed by atoms with E-state index in [1.165, 1.54) is 5.56 Å². The van der Waals surface area contributed by atoms with Crippen molar-refractivity contribution in [3.8, 4) is 0 Å². The fourth-order valence-corrected chi connectivity index (χ4v) is 2.67. The molecular formula is C18H18N2O. The molecular weight excluding hydrogens is 260 g/mol. The van der Waals surface area contributed by atoms with Gasteiger partial charge in [0.1, 0.15) is 5.82 Å². The Morgan fingerprint density at radius 3 is 2.52 bits per heavy atom. The van der Waals surface area contributed by atoms with Crippen LogP contribution in [0.3, 0.4) is 0 Å². The fraction of sp³-hybridized carbons (Fsp3) is 0.222. The zero-order chi connectivity index (χ0) is 15.0. The van der Waals surface area contributed by atoms with Crippen molar-refractivity contribution in [3.05, 3.63) is 64.9 Å². The van der Waals surface area contributed by atoms with E-state index in [0.29, 0.717) is 6.42 Å². The summed E-state index contributed by atoms with van der Waals surface area (Å²) < 4.78 is 0. The topological polar surface area (TPSA) is 33.2 Å². The van der Waals surface area contributed by atoms with Crippen LogP contribution < -0.4 is 4.90 Å². The number of pyridine rings is 1. The van der Waals surface area contributed by atoms with Crippen molar-refractivity contribution in [2.75, 3.05) is 19.0 Å². The summed E-state index contributed by atoms with van der Waals surface area (Å²) in [5.41, 5.74) is 5.19. The number of allylic oxidation sites excluding steroid dienone is 1. The van der Waals surface area contributed by atoms with Crippen LogP contribution in [0.5, 0.6) is 0 Å². The molecule has 1 aromatic heterocycles. The van der Waals surface area contributed by atoms with Crippen LogP contribution in [-0.2, 0) is 11.2 Å². The molecule has 3 heteroatoms. The van der Waals surface area contributed by atoms with Gasteiger partial charge < -0.3 is 4.90 Å². The number of aryl methyl sites for hydroxylation is 1. The van der Waals surface area contributed by atoms with Gasteiger partial charge in [0.05, 0.1) is 12.1 Å². The lowest BCUT2D eigenvalue weighted by Crippen LogP contribution is -2.16. The molecule has 2 aromatic rings. The Morgan fingerprint density at radius 2 is 1.81 bits per heavy atom. The molecule has 1 heterocycles. The van der Waals surface area contributed by atoms with Gasteiger partial charge in [-0.1, -0.05) is 24.3 Å². The highest BCUT2D eigenvalue weighted by atomic mass is 16.1. The Labute approximate surface area is 124 Å². The summed E-state index contributed by atoms with van der Waals surface area (Å²) in [6.45, 7) is 2.07. The van der Waals surface area contributed by atoms with Crippen LogP contribution in [0.25, 0.3) is 5.57 Å². The highest BCUT2D eigenvalue weighted by Crippen LogP contribution is 2.32. The van der Waals surface area contributed by atoms with E-state index in [0.717, 1.165) is 28.2 Å². The molecule has 0 spiro atoms. The number of hydrogen-bond donors (Lipinski definition) is 0. The van der Waals surface area contributed by atoms with E-state index < -0.39 is 0 Å². The molecule has 1 aromatic carbocycles.